The van der Waals surface area contributed by atoms with Gasteiger partial charge in [0.2, 0.25) is 0 Å². The molecule has 0 atom stereocenters. The van der Waals surface area contributed by atoms with Gasteiger partial charge in [-0.25, -0.2) is 0 Å². The number of hydrogen-bond donors (Lipinski definition) is 0. The molecule has 0 fully saturated rings. The number of benzene rings is 2. The van der Waals surface area contributed by atoms with E-state index in [0.717, 1.165) is 12.2 Å². The molecule has 0 radical (unpaired) electrons. The third kappa shape index (κ3) is 2.85. The number of non-ortho nitro benzene ring substituents is 1. The second-order valence-electron chi connectivity index (χ2n) is 3.85. The Morgan fingerprint density at radius 3 is 1.94 bits per heavy atom. The molecule has 2 aromatic carbocycles. The highest BCUT2D eigenvalue weighted by molar-refractivity contribution is 5.39. The molecule has 0 aromatic heterocycles. The van der Waals surface area contributed by atoms with Gasteiger partial charge in [0.15, 0.2) is 0 Å². The lowest BCUT2D eigenvalue weighted by Gasteiger charge is -2.05. The molecular formula is C14H13NO3. The van der Waals surface area contributed by atoms with Crippen molar-refractivity contribution >= 4 is 5.69 Å². The fourth-order valence-corrected chi connectivity index (χ4v) is 1.57. The van der Waals surface area contributed by atoms with Crippen LogP contribution in [0.25, 0.3) is 0 Å². The van der Waals surface area contributed by atoms with Crippen LogP contribution in [0.15, 0.2) is 48.5 Å². The molecule has 4 heteroatoms. The molecule has 0 aliphatic rings. The molecule has 0 spiro atoms. The molecule has 2 rings (SSSR count). The maximum atomic E-state index is 10.5. The van der Waals surface area contributed by atoms with E-state index < -0.39 is 4.92 Å². The van der Waals surface area contributed by atoms with Crippen LogP contribution in [0.4, 0.5) is 5.69 Å². The molecule has 0 bridgehead atoms. The maximum Gasteiger partial charge on any atom is 0.269 e. The van der Waals surface area contributed by atoms with E-state index in [1.807, 2.05) is 24.3 Å². The Hall–Kier alpha value is -2.36. The monoisotopic (exact) mass is 243 g/mol. The summed E-state index contributed by atoms with van der Waals surface area (Å²) in [4.78, 5) is 10.1. The summed E-state index contributed by atoms with van der Waals surface area (Å²) in [6.45, 7) is 2.09. The minimum Gasteiger partial charge on any atom is -0.457 e. The SMILES string of the molecule is CCc1ccc(Oc2ccc([N+](=O)[O-])cc2)cc1. The van der Waals surface area contributed by atoms with E-state index in [0.29, 0.717) is 5.75 Å². The van der Waals surface area contributed by atoms with E-state index in [2.05, 4.69) is 6.92 Å². The molecule has 0 N–H and O–H groups in total. The highest BCUT2D eigenvalue weighted by Crippen LogP contribution is 2.24. The molecule has 4 nitrogen and oxygen atoms in total. The zero-order chi connectivity index (χ0) is 13.0. The van der Waals surface area contributed by atoms with Crippen molar-refractivity contribution in [2.75, 3.05) is 0 Å². The van der Waals surface area contributed by atoms with Crippen LogP contribution >= 0.6 is 0 Å². The van der Waals surface area contributed by atoms with Gasteiger partial charge in [-0.15, -0.1) is 0 Å². The fraction of sp³-hybridized carbons (Fsp3) is 0.143. The molecule has 0 heterocycles. The Labute approximate surface area is 105 Å². The van der Waals surface area contributed by atoms with Gasteiger partial charge in [0.05, 0.1) is 4.92 Å². The van der Waals surface area contributed by atoms with Crippen molar-refractivity contribution in [1.82, 2.24) is 0 Å². The van der Waals surface area contributed by atoms with Crippen LogP contribution in [0, 0.1) is 10.1 Å². The van der Waals surface area contributed by atoms with Crippen LogP contribution in [0.5, 0.6) is 11.5 Å². The van der Waals surface area contributed by atoms with Gasteiger partial charge in [0, 0.05) is 12.1 Å². The summed E-state index contributed by atoms with van der Waals surface area (Å²) in [5.74, 6) is 1.31. The summed E-state index contributed by atoms with van der Waals surface area (Å²) in [5, 5.41) is 10.5. The van der Waals surface area contributed by atoms with E-state index in [-0.39, 0.29) is 5.69 Å². The predicted octanol–water partition coefficient (Wildman–Crippen LogP) is 3.95. The fourth-order valence-electron chi connectivity index (χ4n) is 1.57. The van der Waals surface area contributed by atoms with Crippen molar-refractivity contribution in [1.29, 1.82) is 0 Å². The first-order valence-corrected chi connectivity index (χ1v) is 5.70. The van der Waals surface area contributed by atoms with Crippen molar-refractivity contribution < 1.29 is 9.66 Å². The Balaban J connectivity index is 2.10. The number of ether oxygens (including phenoxy) is 1. The van der Waals surface area contributed by atoms with Crippen molar-refractivity contribution in [2.45, 2.75) is 13.3 Å². The number of nitro benzene ring substituents is 1. The summed E-state index contributed by atoms with van der Waals surface area (Å²) in [5.41, 5.74) is 1.30. The number of hydrogen-bond acceptors (Lipinski definition) is 3. The van der Waals surface area contributed by atoms with Crippen molar-refractivity contribution in [2.24, 2.45) is 0 Å². The third-order valence-corrected chi connectivity index (χ3v) is 2.61. The summed E-state index contributed by atoms with van der Waals surface area (Å²) < 4.78 is 5.59. The Morgan fingerprint density at radius 1 is 1.00 bits per heavy atom. The third-order valence-electron chi connectivity index (χ3n) is 2.61. The molecule has 0 aliphatic heterocycles. The van der Waals surface area contributed by atoms with Gasteiger partial charge in [-0.3, -0.25) is 10.1 Å². The minimum atomic E-state index is -0.431. The number of nitrogens with zero attached hydrogens (tertiary/aromatic N) is 1. The van der Waals surface area contributed by atoms with Crippen molar-refractivity contribution in [3.63, 3.8) is 0 Å². The molecule has 0 unspecified atom stereocenters. The topological polar surface area (TPSA) is 52.4 Å². The molecule has 0 saturated heterocycles. The minimum absolute atomic E-state index is 0.0590. The van der Waals surface area contributed by atoms with Gasteiger partial charge in [-0.1, -0.05) is 19.1 Å². The van der Waals surface area contributed by atoms with E-state index in [4.69, 9.17) is 4.74 Å². The van der Waals surface area contributed by atoms with Crippen molar-refractivity contribution in [3.8, 4) is 11.5 Å². The van der Waals surface area contributed by atoms with E-state index in [9.17, 15) is 10.1 Å². The lowest BCUT2D eigenvalue weighted by Crippen LogP contribution is -1.88. The van der Waals surface area contributed by atoms with Gasteiger partial charge >= 0.3 is 0 Å². The van der Waals surface area contributed by atoms with Gasteiger partial charge < -0.3 is 4.74 Å². The first-order chi connectivity index (χ1) is 8.69. The first-order valence-electron chi connectivity index (χ1n) is 5.70. The summed E-state index contributed by atoms with van der Waals surface area (Å²) in [7, 11) is 0. The smallest absolute Gasteiger partial charge is 0.269 e. The average Bonchev–Trinajstić information content (AvgIpc) is 2.40. The second kappa shape index (κ2) is 5.31. The normalized spacial score (nSPS) is 10.1. The van der Waals surface area contributed by atoms with Gasteiger partial charge in [-0.05, 0) is 36.2 Å². The zero-order valence-corrected chi connectivity index (χ0v) is 10.00. The maximum absolute atomic E-state index is 10.5. The van der Waals surface area contributed by atoms with Gasteiger partial charge in [0.25, 0.3) is 5.69 Å². The number of rotatable bonds is 4. The van der Waals surface area contributed by atoms with Crippen LogP contribution < -0.4 is 4.74 Å². The van der Waals surface area contributed by atoms with Crippen LogP contribution in [0.3, 0.4) is 0 Å². The molecule has 0 saturated carbocycles. The highest BCUT2D eigenvalue weighted by atomic mass is 16.6. The largest absolute Gasteiger partial charge is 0.457 e. The van der Waals surface area contributed by atoms with Gasteiger partial charge in [0.1, 0.15) is 11.5 Å². The summed E-state index contributed by atoms with van der Waals surface area (Å²) >= 11 is 0. The summed E-state index contributed by atoms with van der Waals surface area (Å²) in [6, 6.07) is 13.8. The van der Waals surface area contributed by atoms with Gasteiger partial charge in [-0.2, -0.15) is 0 Å². The van der Waals surface area contributed by atoms with Crippen molar-refractivity contribution in [3.05, 3.63) is 64.2 Å². The molecule has 0 aliphatic carbocycles. The standard InChI is InChI=1S/C14H13NO3/c1-2-11-3-7-13(8-4-11)18-14-9-5-12(6-10-14)15(16)17/h3-10H,2H2,1H3. The quantitative estimate of drug-likeness (QED) is 0.603. The number of nitro groups is 1. The van der Waals surface area contributed by atoms with Crippen LogP contribution in [-0.4, -0.2) is 4.92 Å². The Morgan fingerprint density at radius 2 is 1.50 bits per heavy atom. The molecule has 0 amide bonds. The predicted molar refractivity (Wildman–Crippen MR) is 69.0 cm³/mol. The van der Waals surface area contributed by atoms with E-state index >= 15 is 0 Å². The highest BCUT2D eigenvalue weighted by Gasteiger charge is 2.04. The van der Waals surface area contributed by atoms with E-state index in [1.54, 1.807) is 12.1 Å². The molecular weight excluding hydrogens is 230 g/mol. The summed E-state index contributed by atoms with van der Waals surface area (Å²) in [6.07, 6.45) is 0.984. The van der Waals surface area contributed by atoms with Crippen LogP contribution in [0.2, 0.25) is 0 Å². The molecule has 2 aromatic rings. The Bertz CT molecular complexity index is 532. The lowest BCUT2D eigenvalue weighted by molar-refractivity contribution is -0.384. The van der Waals surface area contributed by atoms with Crippen LogP contribution in [-0.2, 0) is 6.42 Å². The molecule has 18 heavy (non-hydrogen) atoms. The first kappa shape index (κ1) is 12.1. The second-order valence-corrected chi connectivity index (χ2v) is 3.85. The number of aryl methyl sites for hydroxylation is 1. The average molecular weight is 243 g/mol. The molecule has 92 valence electrons. The van der Waals surface area contributed by atoms with Crippen LogP contribution in [0.1, 0.15) is 12.5 Å². The van der Waals surface area contributed by atoms with E-state index in [1.165, 1.54) is 17.7 Å². The lowest BCUT2D eigenvalue weighted by atomic mass is 10.2. The zero-order valence-electron chi connectivity index (χ0n) is 10.00. The Kier molecular flexibility index (Phi) is 3.57.